The largest absolute Gasteiger partial charge is 0.313 e. The summed E-state index contributed by atoms with van der Waals surface area (Å²) in [6.45, 7) is 9.80. The van der Waals surface area contributed by atoms with Gasteiger partial charge in [-0.15, -0.1) is 0 Å². The quantitative estimate of drug-likeness (QED) is 0.758. The molecule has 0 spiro atoms. The second-order valence-electron chi connectivity index (χ2n) is 5.27. The van der Waals surface area contributed by atoms with Crippen molar-refractivity contribution in [1.82, 2.24) is 10.6 Å². The van der Waals surface area contributed by atoms with Gasteiger partial charge in [0.1, 0.15) is 0 Å². The molecule has 1 aromatic carbocycles. The van der Waals surface area contributed by atoms with E-state index in [1.807, 2.05) is 0 Å². The summed E-state index contributed by atoms with van der Waals surface area (Å²) < 4.78 is 0. The predicted octanol–water partition coefficient (Wildman–Crippen LogP) is 2.59. The predicted molar refractivity (Wildman–Crippen MR) is 75.3 cm³/mol. The fourth-order valence-corrected chi connectivity index (χ4v) is 1.94. The maximum Gasteiger partial charge on any atom is 0.0235 e. The number of hydrogen-bond acceptors (Lipinski definition) is 2. The van der Waals surface area contributed by atoms with Crippen molar-refractivity contribution in [2.24, 2.45) is 0 Å². The monoisotopic (exact) mass is 234 g/mol. The molecule has 2 nitrogen and oxygen atoms in total. The Labute approximate surface area is 106 Å². The zero-order valence-corrected chi connectivity index (χ0v) is 11.5. The number of benzene rings is 1. The Balaban J connectivity index is 2.51. The van der Waals surface area contributed by atoms with E-state index in [9.17, 15) is 0 Å². The van der Waals surface area contributed by atoms with Gasteiger partial charge in [0, 0.05) is 24.7 Å². The van der Waals surface area contributed by atoms with Crippen molar-refractivity contribution in [1.29, 1.82) is 0 Å². The van der Waals surface area contributed by atoms with Crippen LogP contribution in [0.3, 0.4) is 0 Å². The van der Waals surface area contributed by atoms with Crippen molar-refractivity contribution in [2.45, 2.75) is 52.2 Å². The Kier molecular flexibility index (Phi) is 6.23. The Bertz CT molecular complexity index is 293. The third-order valence-corrected chi connectivity index (χ3v) is 2.67. The zero-order chi connectivity index (χ0) is 12.7. The molecule has 0 aliphatic heterocycles. The molecule has 1 aromatic rings. The van der Waals surface area contributed by atoms with Gasteiger partial charge in [-0.2, -0.15) is 0 Å². The molecule has 2 heteroatoms. The van der Waals surface area contributed by atoms with Crippen LogP contribution in [0.15, 0.2) is 30.3 Å². The number of rotatable bonds is 7. The van der Waals surface area contributed by atoms with Gasteiger partial charge in [0.05, 0.1) is 0 Å². The number of nitrogens with one attached hydrogen (secondary N) is 2. The maximum atomic E-state index is 3.62. The van der Waals surface area contributed by atoms with Crippen LogP contribution >= 0.6 is 0 Å². The van der Waals surface area contributed by atoms with E-state index in [1.165, 1.54) is 5.56 Å². The highest BCUT2D eigenvalue weighted by Gasteiger charge is 2.10. The van der Waals surface area contributed by atoms with Crippen LogP contribution in [0, 0.1) is 0 Å². The maximum absolute atomic E-state index is 3.62. The molecule has 2 N–H and O–H groups in total. The first-order valence-corrected chi connectivity index (χ1v) is 6.61. The minimum absolute atomic E-state index is 0.500. The molecule has 0 radical (unpaired) electrons. The Morgan fingerprint density at radius 1 is 0.941 bits per heavy atom. The highest BCUT2D eigenvalue weighted by molar-refractivity contribution is 5.16. The number of hydrogen-bond donors (Lipinski definition) is 2. The van der Waals surface area contributed by atoms with Crippen molar-refractivity contribution in [3.05, 3.63) is 35.9 Å². The van der Waals surface area contributed by atoms with Crippen LogP contribution in [0.1, 0.15) is 33.3 Å². The average molecular weight is 234 g/mol. The fourth-order valence-electron chi connectivity index (χ4n) is 1.94. The Morgan fingerprint density at radius 3 is 2.12 bits per heavy atom. The molecular weight excluding hydrogens is 208 g/mol. The topological polar surface area (TPSA) is 24.1 Å². The van der Waals surface area contributed by atoms with Crippen LogP contribution in [-0.2, 0) is 6.42 Å². The molecule has 1 rings (SSSR count). The fraction of sp³-hybridized carbons (Fsp3) is 0.600. The molecule has 0 unspecified atom stereocenters. The van der Waals surface area contributed by atoms with Gasteiger partial charge >= 0.3 is 0 Å². The molecule has 0 aliphatic rings. The van der Waals surface area contributed by atoms with Crippen molar-refractivity contribution in [3.8, 4) is 0 Å². The second kappa shape index (κ2) is 7.46. The molecule has 96 valence electrons. The lowest BCUT2D eigenvalue weighted by molar-refractivity contribution is 0.418. The molecule has 0 heterocycles. The zero-order valence-electron chi connectivity index (χ0n) is 11.5. The summed E-state index contributed by atoms with van der Waals surface area (Å²) in [5, 5.41) is 7.13. The normalized spacial score (nSPS) is 13.3. The van der Waals surface area contributed by atoms with Gasteiger partial charge in [0.25, 0.3) is 0 Å². The van der Waals surface area contributed by atoms with Crippen LogP contribution in [0.5, 0.6) is 0 Å². The Hall–Kier alpha value is -0.860. The van der Waals surface area contributed by atoms with E-state index < -0.39 is 0 Å². The van der Waals surface area contributed by atoms with Crippen LogP contribution in [0.25, 0.3) is 0 Å². The van der Waals surface area contributed by atoms with Crippen LogP contribution in [-0.4, -0.2) is 24.7 Å². The molecule has 1 atom stereocenters. The first-order chi connectivity index (χ1) is 8.08. The summed E-state index contributed by atoms with van der Waals surface area (Å²) in [4.78, 5) is 0. The molecule has 17 heavy (non-hydrogen) atoms. The molecule has 0 saturated heterocycles. The molecule has 0 bridgehead atoms. The summed E-state index contributed by atoms with van der Waals surface area (Å²) in [5.74, 6) is 0. The van der Waals surface area contributed by atoms with Gasteiger partial charge in [-0.05, 0) is 12.0 Å². The van der Waals surface area contributed by atoms with Gasteiger partial charge in [-0.3, -0.25) is 0 Å². The minimum Gasteiger partial charge on any atom is -0.313 e. The molecule has 0 aromatic heterocycles. The van der Waals surface area contributed by atoms with E-state index in [0.29, 0.717) is 18.1 Å². The van der Waals surface area contributed by atoms with Gasteiger partial charge in [0.15, 0.2) is 0 Å². The summed E-state index contributed by atoms with van der Waals surface area (Å²) in [6.07, 6.45) is 1.08. The van der Waals surface area contributed by atoms with Crippen LogP contribution in [0.4, 0.5) is 0 Å². The van der Waals surface area contributed by atoms with Crippen molar-refractivity contribution < 1.29 is 0 Å². The minimum atomic E-state index is 0.500. The molecule has 0 aliphatic carbocycles. The molecular formula is C15H26N2. The summed E-state index contributed by atoms with van der Waals surface area (Å²) in [6, 6.07) is 12.3. The third kappa shape index (κ3) is 6.44. The smallest absolute Gasteiger partial charge is 0.0235 e. The van der Waals surface area contributed by atoms with Gasteiger partial charge < -0.3 is 10.6 Å². The molecule has 0 amide bonds. The van der Waals surface area contributed by atoms with Crippen molar-refractivity contribution in [2.75, 3.05) is 6.54 Å². The summed E-state index contributed by atoms with van der Waals surface area (Å²) in [5.41, 5.74) is 1.40. The standard InChI is InChI=1S/C15H26N2/c1-12(2)16-11-15(17-13(3)4)10-14-8-6-5-7-9-14/h5-9,12-13,15-17H,10-11H2,1-4H3/t15-/m0/s1. The van der Waals surface area contributed by atoms with Crippen molar-refractivity contribution >= 4 is 0 Å². The van der Waals surface area contributed by atoms with Crippen LogP contribution < -0.4 is 10.6 Å². The van der Waals surface area contributed by atoms with Crippen molar-refractivity contribution in [3.63, 3.8) is 0 Å². The highest BCUT2D eigenvalue weighted by atomic mass is 15.0. The lowest BCUT2D eigenvalue weighted by Crippen LogP contribution is -2.45. The summed E-state index contributed by atoms with van der Waals surface area (Å²) in [7, 11) is 0. The average Bonchev–Trinajstić information content (AvgIpc) is 2.26. The molecule has 0 fully saturated rings. The van der Waals surface area contributed by atoms with E-state index >= 15 is 0 Å². The Morgan fingerprint density at radius 2 is 1.59 bits per heavy atom. The second-order valence-corrected chi connectivity index (χ2v) is 5.27. The van der Waals surface area contributed by atoms with Gasteiger partial charge in [-0.25, -0.2) is 0 Å². The summed E-state index contributed by atoms with van der Waals surface area (Å²) >= 11 is 0. The lowest BCUT2D eigenvalue weighted by Gasteiger charge is -2.23. The molecule has 0 saturated carbocycles. The van der Waals surface area contributed by atoms with E-state index in [2.05, 4.69) is 68.7 Å². The first kappa shape index (κ1) is 14.2. The SMILES string of the molecule is CC(C)NC[C@H](Cc1ccccc1)NC(C)C. The van der Waals surface area contributed by atoms with E-state index in [1.54, 1.807) is 0 Å². The van der Waals surface area contributed by atoms with E-state index in [0.717, 1.165) is 13.0 Å². The van der Waals surface area contributed by atoms with Crippen LogP contribution in [0.2, 0.25) is 0 Å². The van der Waals surface area contributed by atoms with Gasteiger partial charge in [0.2, 0.25) is 0 Å². The highest BCUT2D eigenvalue weighted by Crippen LogP contribution is 2.03. The van der Waals surface area contributed by atoms with Gasteiger partial charge in [-0.1, -0.05) is 58.0 Å². The lowest BCUT2D eigenvalue weighted by atomic mass is 10.0. The van der Waals surface area contributed by atoms with E-state index in [-0.39, 0.29) is 0 Å². The van der Waals surface area contributed by atoms with E-state index in [4.69, 9.17) is 0 Å². The third-order valence-electron chi connectivity index (χ3n) is 2.67. The first-order valence-electron chi connectivity index (χ1n) is 6.61.